The predicted molar refractivity (Wildman–Crippen MR) is 105 cm³/mol. The Balaban J connectivity index is 1.44. The van der Waals surface area contributed by atoms with Crippen LogP contribution in [0.15, 0.2) is 70.5 Å². The highest BCUT2D eigenvalue weighted by atomic mass is 32.2. The van der Waals surface area contributed by atoms with Crippen LogP contribution in [0.4, 0.5) is 0 Å². The summed E-state index contributed by atoms with van der Waals surface area (Å²) in [4.78, 5) is 2.94. The van der Waals surface area contributed by atoms with Crippen molar-refractivity contribution in [1.29, 1.82) is 0 Å². The Labute approximate surface area is 153 Å². The van der Waals surface area contributed by atoms with E-state index >= 15 is 0 Å². The van der Waals surface area contributed by atoms with Crippen LogP contribution in [0, 0.1) is 11.8 Å². The lowest BCUT2D eigenvalue weighted by molar-refractivity contribution is 0.0575. The number of thioether (sulfide) groups is 2. The lowest BCUT2D eigenvalue weighted by atomic mass is 9.55. The first-order valence-corrected chi connectivity index (χ1v) is 10.8. The van der Waals surface area contributed by atoms with Crippen LogP contribution < -0.4 is 0 Å². The highest BCUT2D eigenvalue weighted by molar-refractivity contribution is 8.01. The molecule has 0 aromatic heterocycles. The van der Waals surface area contributed by atoms with Crippen molar-refractivity contribution < 1.29 is 0 Å². The van der Waals surface area contributed by atoms with Crippen LogP contribution in [0.1, 0.15) is 38.5 Å². The molecule has 24 heavy (non-hydrogen) atoms. The first kappa shape index (κ1) is 15.4. The van der Waals surface area contributed by atoms with Crippen molar-refractivity contribution in [3.8, 4) is 0 Å². The molecule has 0 radical (unpaired) electrons. The van der Waals surface area contributed by atoms with Crippen molar-refractivity contribution in [3.05, 3.63) is 60.7 Å². The van der Waals surface area contributed by atoms with Gasteiger partial charge in [-0.1, -0.05) is 36.4 Å². The van der Waals surface area contributed by atoms with Gasteiger partial charge in [-0.25, -0.2) is 0 Å². The lowest BCUT2D eigenvalue weighted by Crippen LogP contribution is -2.56. The molecule has 124 valence electrons. The van der Waals surface area contributed by atoms with E-state index in [1.54, 1.807) is 0 Å². The molecule has 4 bridgehead atoms. The van der Waals surface area contributed by atoms with Crippen molar-refractivity contribution in [2.75, 3.05) is 0 Å². The standard InChI is InChI=1S/C22H24S2/c1-3-7-19(8-4-1)23-21-12-17-11-18(13-21)15-22(14-17,16-21)24-20-9-5-2-6-10-20/h1-10,17-18H,11-16H2. The number of hydrogen-bond donors (Lipinski definition) is 0. The van der Waals surface area contributed by atoms with E-state index in [1.165, 1.54) is 48.3 Å². The zero-order valence-electron chi connectivity index (χ0n) is 14.0. The molecule has 2 aromatic rings. The fourth-order valence-corrected chi connectivity index (χ4v) is 9.46. The highest BCUT2D eigenvalue weighted by Gasteiger charge is 2.58. The summed E-state index contributed by atoms with van der Waals surface area (Å²) in [5.41, 5.74) is 0. The van der Waals surface area contributed by atoms with Gasteiger partial charge in [-0.15, -0.1) is 23.5 Å². The fourth-order valence-electron chi connectivity index (χ4n) is 5.81. The average molecular weight is 353 g/mol. The molecule has 4 saturated carbocycles. The summed E-state index contributed by atoms with van der Waals surface area (Å²) in [6.45, 7) is 0. The molecule has 4 aliphatic rings. The molecule has 2 heteroatoms. The Morgan fingerprint density at radius 2 is 1.04 bits per heavy atom. The van der Waals surface area contributed by atoms with E-state index in [-0.39, 0.29) is 0 Å². The number of rotatable bonds is 4. The van der Waals surface area contributed by atoms with Crippen LogP contribution in [-0.2, 0) is 0 Å². The summed E-state index contributed by atoms with van der Waals surface area (Å²) in [6, 6.07) is 22.3. The molecule has 0 nitrogen and oxygen atoms in total. The Morgan fingerprint density at radius 1 is 0.625 bits per heavy atom. The van der Waals surface area contributed by atoms with Gasteiger partial charge in [0.05, 0.1) is 0 Å². The zero-order valence-corrected chi connectivity index (χ0v) is 15.6. The molecule has 0 saturated heterocycles. The second-order valence-corrected chi connectivity index (χ2v) is 11.2. The second-order valence-electron chi connectivity index (χ2n) is 8.16. The molecule has 0 spiro atoms. The van der Waals surface area contributed by atoms with E-state index in [4.69, 9.17) is 0 Å². The van der Waals surface area contributed by atoms with Gasteiger partial charge in [-0.3, -0.25) is 0 Å². The van der Waals surface area contributed by atoms with Gasteiger partial charge in [0.1, 0.15) is 0 Å². The molecule has 0 amide bonds. The second kappa shape index (κ2) is 5.85. The van der Waals surface area contributed by atoms with E-state index < -0.39 is 0 Å². The van der Waals surface area contributed by atoms with Crippen molar-refractivity contribution in [1.82, 2.24) is 0 Å². The molecule has 4 aliphatic carbocycles. The minimum absolute atomic E-state index is 0.493. The van der Waals surface area contributed by atoms with Gasteiger partial charge in [0, 0.05) is 19.3 Å². The molecule has 6 rings (SSSR count). The summed E-state index contributed by atoms with van der Waals surface area (Å²) in [6.07, 6.45) is 8.67. The summed E-state index contributed by atoms with van der Waals surface area (Å²) in [5.74, 6) is 1.91. The Bertz CT molecular complexity index is 636. The van der Waals surface area contributed by atoms with Crippen molar-refractivity contribution in [2.24, 2.45) is 11.8 Å². The minimum Gasteiger partial charge on any atom is -0.119 e. The quantitative estimate of drug-likeness (QED) is 0.603. The smallest absolute Gasteiger partial charge is 0.0225 e. The van der Waals surface area contributed by atoms with Crippen LogP contribution in [0.3, 0.4) is 0 Å². The van der Waals surface area contributed by atoms with Gasteiger partial charge in [0.2, 0.25) is 0 Å². The molecular formula is C22H24S2. The lowest BCUT2D eigenvalue weighted by Gasteiger charge is -2.61. The van der Waals surface area contributed by atoms with Crippen LogP contribution in [0.2, 0.25) is 0 Å². The predicted octanol–water partition coefficient (Wildman–Crippen LogP) is 6.66. The summed E-state index contributed by atoms with van der Waals surface area (Å²) in [5, 5.41) is 0. The molecule has 4 fully saturated rings. The van der Waals surface area contributed by atoms with Crippen LogP contribution >= 0.6 is 23.5 Å². The maximum absolute atomic E-state index is 2.31. The Kier molecular flexibility index (Phi) is 3.75. The molecule has 2 aromatic carbocycles. The Hall–Kier alpha value is -0.860. The first-order chi connectivity index (χ1) is 11.7. The normalized spacial score (nSPS) is 36.8. The van der Waals surface area contributed by atoms with Gasteiger partial charge in [-0.05, 0) is 74.6 Å². The fraction of sp³-hybridized carbons (Fsp3) is 0.455. The topological polar surface area (TPSA) is 0 Å². The average Bonchev–Trinajstić information content (AvgIpc) is 2.54. The molecule has 0 aliphatic heterocycles. The van der Waals surface area contributed by atoms with E-state index in [9.17, 15) is 0 Å². The molecule has 0 unspecified atom stereocenters. The first-order valence-electron chi connectivity index (χ1n) is 9.21. The van der Waals surface area contributed by atoms with E-state index in [0.717, 1.165) is 11.8 Å². The summed E-state index contributed by atoms with van der Waals surface area (Å²) < 4.78 is 0.987. The molecular weight excluding hydrogens is 328 g/mol. The third-order valence-corrected chi connectivity index (χ3v) is 8.95. The summed E-state index contributed by atoms with van der Waals surface area (Å²) in [7, 11) is 0. The van der Waals surface area contributed by atoms with E-state index in [1.807, 2.05) is 0 Å². The van der Waals surface area contributed by atoms with E-state index in [0.29, 0.717) is 9.49 Å². The van der Waals surface area contributed by atoms with Crippen LogP contribution in [0.25, 0.3) is 0 Å². The van der Waals surface area contributed by atoms with Crippen molar-refractivity contribution >= 4 is 23.5 Å². The minimum atomic E-state index is 0.493. The monoisotopic (exact) mass is 352 g/mol. The largest absolute Gasteiger partial charge is 0.119 e. The maximum Gasteiger partial charge on any atom is 0.0225 e. The van der Waals surface area contributed by atoms with Crippen molar-refractivity contribution in [3.63, 3.8) is 0 Å². The molecule has 0 heterocycles. The third kappa shape index (κ3) is 2.82. The SMILES string of the molecule is c1ccc(SC23CC4CC(C2)CC(Sc2ccccc2)(C4)C3)cc1. The number of benzene rings is 2. The van der Waals surface area contributed by atoms with Gasteiger partial charge in [0.15, 0.2) is 0 Å². The molecule has 0 N–H and O–H groups in total. The van der Waals surface area contributed by atoms with Crippen molar-refractivity contribution in [2.45, 2.75) is 57.8 Å². The van der Waals surface area contributed by atoms with Crippen LogP contribution in [0.5, 0.6) is 0 Å². The Morgan fingerprint density at radius 3 is 1.46 bits per heavy atom. The highest BCUT2D eigenvalue weighted by Crippen LogP contribution is 2.67. The van der Waals surface area contributed by atoms with Gasteiger partial charge in [-0.2, -0.15) is 0 Å². The van der Waals surface area contributed by atoms with E-state index in [2.05, 4.69) is 84.2 Å². The van der Waals surface area contributed by atoms with Gasteiger partial charge >= 0.3 is 0 Å². The molecule has 0 atom stereocenters. The zero-order chi connectivity index (χ0) is 16.0. The summed E-state index contributed by atoms with van der Waals surface area (Å²) >= 11 is 4.39. The third-order valence-electron chi connectivity index (χ3n) is 6.11. The number of hydrogen-bond acceptors (Lipinski definition) is 2. The maximum atomic E-state index is 2.31. The van der Waals surface area contributed by atoms with Gasteiger partial charge < -0.3 is 0 Å². The van der Waals surface area contributed by atoms with Crippen LogP contribution in [-0.4, -0.2) is 9.49 Å². The van der Waals surface area contributed by atoms with Gasteiger partial charge in [0.25, 0.3) is 0 Å².